The summed E-state index contributed by atoms with van der Waals surface area (Å²) in [5.41, 5.74) is 5.57. The molecule has 1 heterocycles. The number of amides is 2. The molecule has 0 saturated carbocycles. The van der Waals surface area contributed by atoms with Gasteiger partial charge in [-0.1, -0.05) is 16.7 Å². The number of fused-ring (bicyclic) bond motifs is 1. The molecule has 0 aliphatic heterocycles. The topological polar surface area (TPSA) is 104 Å². The zero-order valence-corrected chi connectivity index (χ0v) is 8.69. The van der Waals surface area contributed by atoms with E-state index < -0.39 is 6.03 Å². The van der Waals surface area contributed by atoms with Gasteiger partial charge in [0.15, 0.2) is 5.69 Å². The smallest absolute Gasteiger partial charge is 0.356 e. The summed E-state index contributed by atoms with van der Waals surface area (Å²) in [7, 11) is 0. The second kappa shape index (κ2) is 3.82. The maximum absolute atomic E-state index is 10.4. The zero-order chi connectivity index (χ0) is 11.7. The van der Waals surface area contributed by atoms with Gasteiger partial charge in [-0.15, -0.1) is 5.11 Å². The molecule has 2 rings (SSSR count). The zero-order valence-electron chi connectivity index (χ0n) is 7.94. The summed E-state index contributed by atoms with van der Waals surface area (Å²) in [6.45, 7) is 0. The molecule has 2 amide bonds. The van der Waals surface area contributed by atoms with Crippen LogP contribution in [0.25, 0.3) is 10.9 Å². The standard InChI is InChI=1S/C9H7ClN4O2/c10-4-1-2-5-6(3-4)12-8(15)7(5)13-14-9(11)16/h1-3,12,15H,(H2,11,16). The Kier molecular flexibility index (Phi) is 2.49. The van der Waals surface area contributed by atoms with Gasteiger partial charge in [0, 0.05) is 10.4 Å². The summed E-state index contributed by atoms with van der Waals surface area (Å²) in [5.74, 6) is -0.192. The quantitative estimate of drug-likeness (QED) is 0.665. The van der Waals surface area contributed by atoms with Gasteiger partial charge < -0.3 is 15.8 Å². The lowest BCUT2D eigenvalue weighted by Crippen LogP contribution is -2.01. The van der Waals surface area contributed by atoms with E-state index in [2.05, 4.69) is 15.2 Å². The average molecular weight is 239 g/mol. The number of urea groups is 1. The molecule has 7 heteroatoms. The van der Waals surface area contributed by atoms with E-state index in [1.54, 1.807) is 18.2 Å². The van der Waals surface area contributed by atoms with Crippen molar-refractivity contribution in [2.75, 3.05) is 0 Å². The number of azo groups is 1. The van der Waals surface area contributed by atoms with E-state index in [9.17, 15) is 9.90 Å². The Hall–Kier alpha value is -2.08. The fraction of sp³-hybridized carbons (Fsp3) is 0. The lowest BCUT2D eigenvalue weighted by Gasteiger charge is -1.91. The maximum Gasteiger partial charge on any atom is 0.356 e. The predicted molar refractivity (Wildman–Crippen MR) is 59.1 cm³/mol. The Morgan fingerprint density at radius 3 is 2.94 bits per heavy atom. The number of aromatic nitrogens is 1. The highest BCUT2D eigenvalue weighted by Gasteiger charge is 2.10. The summed E-state index contributed by atoms with van der Waals surface area (Å²) in [6.07, 6.45) is 0. The summed E-state index contributed by atoms with van der Waals surface area (Å²) >= 11 is 5.78. The minimum Gasteiger partial charge on any atom is -0.493 e. The number of rotatable bonds is 1. The Morgan fingerprint density at radius 2 is 2.25 bits per heavy atom. The normalized spacial score (nSPS) is 11.3. The molecule has 0 aliphatic rings. The number of hydrogen-bond acceptors (Lipinski definition) is 3. The number of aromatic hydroxyl groups is 1. The molecule has 0 saturated heterocycles. The van der Waals surface area contributed by atoms with Gasteiger partial charge in [-0.2, -0.15) is 0 Å². The molecule has 6 nitrogen and oxygen atoms in total. The number of H-pyrrole nitrogens is 1. The lowest BCUT2D eigenvalue weighted by molar-refractivity contribution is 0.255. The molecule has 16 heavy (non-hydrogen) atoms. The number of primary amides is 1. The van der Waals surface area contributed by atoms with Crippen molar-refractivity contribution in [2.45, 2.75) is 0 Å². The highest BCUT2D eigenvalue weighted by Crippen LogP contribution is 2.36. The van der Waals surface area contributed by atoms with E-state index in [4.69, 9.17) is 17.3 Å². The van der Waals surface area contributed by atoms with Crippen LogP contribution in [0.3, 0.4) is 0 Å². The fourth-order valence-electron chi connectivity index (χ4n) is 1.34. The van der Waals surface area contributed by atoms with Crippen molar-refractivity contribution in [1.29, 1.82) is 0 Å². The van der Waals surface area contributed by atoms with Crippen molar-refractivity contribution in [2.24, 2.45) is 16.0 Å². The molecular weight excluding hydrogens is 232 g/mol. The van der Waals surface area contributed by atoms with Crippen LogP contribution in [0.15, 0.2) is 28.4 Å². The van der Waals surface area contributed by atoms with E-state index in [1.165, 1.54) is 0 Å². The number of nitrogens with one attached hydrogen (secondary N) is 1. The summed E-state index contributed by atoms with van der Waals surface area (Å²) in [6, 6.07) is 3.99. The summed E-state index contributed by atoms with van der Waals surface area (Å²) < 4.78 is 0. The van der Waals surface area contributed by atoms with Crippen LogP contribution in [0.4, 0.5) is 10.5 Å². The fourth-order valence-corrected chi connectivity index (χ4v) is 1.51. The largest absolute Gasteiger partial charge is 0.493 e. The van der Waals surface area contributed by atoms with Crippen LogP contribution < -0.4 is 5.73 Å². The van der Waals surface area contributed by atoms with E-state index in [-0.39, 0.29) is 11.6 Å². The minimum atomic E-state index is -0.928. The molecule has 0 spiro atoms. The third-order valence-electron chi connectivity index (χ3n) is 1.96. The number of aromatic amines is 1. The molecule has 0 atom stereocenters. The van der Waals surface area contributed by atoms with Crippen molar-refractivity contribution < 1.29 is 9.90 Å². The Balaban J connectivity index is 2.60. The number of nitrogens with zero attached hydrogens (tertiary/aromatic N) is 2. The van der Waals surface area contributed by atoms with Gasteiger partial charge in [0.2, 0.25) is 5.88 Å². The van der Waals surface area contributed by atoms with E-state index in [0.717, 1.165) is 0 Å². The first-order valence-corrected chi connectivity index (χ1v) is 4.67. The van der Waals surface area contributed by atoms with Crippen LogP contribution in [0.2, 0.25) is 5.02 Å². The number of benzene rings is 1. The van der Waals surface area contributed by atoms with Crippen molar-refractivity contribution in [3.05, 3.63) is 23.2 Å². The monoisotopic (exact) mass is 238 g/mol. The van der Waals surface area contributed by atoms with E-state index in [0.29, 0.717) is 15.9 Å². The second-order valence-electron chi connectivity index (χ2n) is 3.05. The number of nitrogens with two attached hydrogens (primary N) is 1. The molecule has 0 fully saturated rings. The first-order valence-electron chi connectivity index (χ1n) is 4.29. The SMILES string of the molecule is NC(=O)N=Nc1c(O)[nH]c2cc(Cl)ccc12. The highest BCUT2D eigenvalue weighted by atomic mass is 35.5. The summed E-state index contributed by atoms with van der Waals surface area (Å²) in [5, 5.41) is 17.4. The van der Waals surface area contributed by atoms with Crippen molar-refractivity contribution >= 4 is 34.2 Å². The minimum absolute atomic E-state index is 0.158. The molecule has 82 valence electrons. The van der Waals surface area contributed by atoms with Gasteiger partial charge >= 0.3 is 6.03 Å². The van der Waals surface area contributed by atoms with Gasteiger partial charge in [-0.05, 0) is 18.2 Å². The second-order valence-corrected chi connectivity index (χ2v) is 3.49. The Labute approximate surface area is 94.7 Å². The van der Waals surface area contributed by atoms with Crippen LogP contribution in [-0.2, 0) is 0 Å². The Bertz CT molecular complexity index is 590. The molecular formula is C9H7ClN4O2. The van der Waals surface area contributed by atoms with Gasteiger partial charge in [0.25, 0.3) is 0 Å². The van der Waals surface area contributed by atoms with Crippen LogP contribution in [-0.4, -0.2) is 16.1 Å². The first kappa shape index (κ1) is 10.4. The molecule has 0 radical (unpaired) electrons. The third-order valence-corrected chi connectivity index (χ3v) is 2.20. The van der Waals surface area contributed by atoms with Crippen LogP contribution in [0, 0.1) is 0 Å². The summed E-state index contributed by atoms with van der Waals surface area (Å²) in [4.78, 5) is 13.1. The van der Waals surface area contributed by atoms with E-state index >= 15 is 0 Å². The first-order chi connectivity index (χ1) is 7.58. The lowest BCUT2D eigenvalue weighted by atomic mass is 10.2. The number of halogens is 1. The van der Waals surface area contributed by atoms with Crippen LogP contribution >= 0.6 is 11.6 Å². The van der Waals surface area contributed by atoms with Gasteiger partial charge in [0.1, 0.15) is 0 Å². The van der Waals surface area contributed by atoms with E-state index in [1.807, 2.05) is 0 Å². The predicted octanol–water partition coefficient (Wildman–Crippen LogP) is 2.69. The molecule has 2 aromatic rings. The highest BCUT2D eigenvalue weighted by molar-refractivity contribution is 6.31. The average Bonchev–Trinajstić information content (AvgIpc) is 2.50. The number of carbonyl (C=O) groups is 1. The Morgan fingerprint density at radius 1 is 1.50 bits per heavy atom. The van der Waals surface area contributed by atoms with Gasteiger partial charge in [-0.25, -0.2) is 4.79 Å². The van der Waals surface area contributed by atoms with Crippen molar-refractivity contribution in [3.63, 3.8) is 0 Å². The van der Waals surface area contributed by atoms with Gasteiger partial charge in [-0.3, -0.25) is 0 Å². The third kappa shape index (κ3) is 1.82. The van der Waals surface area contributed by atoms with Gasteiger partial charge in [0.05, 0.1) is 5.52 Å². The van der Waals surface area contributed by atoms with Crippen LogP contribution in [0.5, 0.6) is 5.88 Å². The maximum atomic E-state index is 10.4. The molecule has 4 N–H and O–H groups in total. The van der Waals surface area contributed by atoms with Crippen LogP contribution in [0.1, 0.15) is 0 Å². The number of hydrogen-bond donors (Lipinski definition) is 3. The van der Waals surface area contributed by atoms with Crippen molar-refractivity contribution in [3.8, 4) is 5.88 Å². The molecule has 0 aliphatic carbocycles. The van der Waals surface area contributed by atoms with Crippen molar-refractivity contribution in [1.82, 2.24) is 4.98 Å². The molecule has 1 aromatic carbocycles. The number of carbonyl (C=O) groups excluding carboxylic acids is 1. The molecule has 1 aromatic heterocycles. The molecule has 0 bridgehead atoms. The molecule has 0 unspecified atom stereocenters.